The molecule has 0 saturated heterocycles. The Morgan fingerprint density at radius 2 is 1.82 bits per heavy atom. The average molecular weight is 167 g/mol. The lowest BCUT2D eigenvalue weighted by Crippen LogP contribution is -2.38. The van der Waals surface area contributed by atoms with Gasteiger partial charge in [-0.05, 0) is 20.9 Å². The number of hydrogen-bond acceptors (Lipinski definition) is 1. The molecule has 0 aromatic heterocycles. The molecule has 0 amide bonds. The third kappa shape index (κ3) is 4.03. The van der Waals surface area contributed by atoms with Gasteiger partial charge in [0, 0.05) is 0 Å². The van der Waals surface area contributed by atoms with Gasteiger partial charge in [0.25, 0.3) is 0 Å². The topological polar surface area (TPSA) is 12.0 Å². The number of nitrogens with one attached hydrogen (secondary N) is 1. The first-order chi connectivity index (χ1) is 4.88. The van der Waals surface area contributed by atoms with Crippen LogP contribution in [0.5, 0.6) is 0 Å². The van der Waals surface area contributed by atoms with Gasteiger partial charge in [0.2, 0.25) is 0 Å². The van der Waals surface area contributed by atoms with Crippen molar-refractivity contribution in [3.05, 3.63) is 11.6 Å². The van der Waals surface area contributed by atoms with Crippen molar-refractivity contribution >= 4 is 0 Å². The second-order valence-corrected chi connectivity index (χ2v) is 2.55. The van der Waals surface area contributed by atoms with Crippen LogP contribution in [0.1, 0.15) is 13.8 Å². The first-order valence-corrected chi connectivity index (χ1v) is 3.27. The molecule has 0 saturated carbocycles. The number of hydrogen-bond donors (Lipinski definition) is 1. The Labute approximate surface area is 64.3 Å². The molecule has 0 aliphatic heterocycles. The van der Waals surface area contributed by atoms with E-state index in [1.807, 2.05) is 0 Å². The van der Waals surface area contributed by atoms with Gasteiger partial charge in [-0.15, -0.1) is 0 Å². The molecule has 4 heteroatoms. The average Bonchev–Trinajstić information content (AvgIpc) is 1.79. The first-order valence-electron chi connectivity index (χ1n) is 3.27. The second kappa shape index (κ2) is 3.76. The van der Waals surface area contributed by atoms with Gasteiger partial charge in [0.15, 0.2) is 0 Å². The van der Waals surface area contributed by atoms with Crippen molar-refractivity contribution in [1.82, 2.24) is 5.32 Å². The molecule has 1 nitrogen and oxygen atoms in total. The fourth-order valence-corrected chi connectivity index (χ4v) is 0.675. The Morgan fingerprint density at radius 1 is 1.36 bits per heavy atom. The Bertz CT molecular complexity index is 144. The van der Waals surface area contributed by atoms with Crippen LogP contribution < -0.4 is 5.32 Å². The van der Waals surface area contributed by atoms with E-state index < -0.39 is 12.2 Å². The highest BCUT2D eigenvalue weighted by atomic mass is 19.4. The lowest BCUT2D eigenvalue weighted by atomic mass is 10.2. The van der Waals surface area contributed by atoms with Gasteiger partial charge >= 0.3 is 6.18 Å². The summed E-state index contributed by atoms with van der Waals surface area (Å²) in [6.45, 7) is 3.27. The monoisotopic (exact) mass is 167 g/mol. The number of likely N-dealkylation sites (N-methyl/N-ethyl adjacent to an activating group) is 1. The third-order valence-electron chi connectivity index (χ3n) is 1.16. The summed E-state index contributed by atoms with van der Waals surface area (Å²) in [5.41, 5.74) is 0.654. The Kier molecular flexibility index (Phi) is 3.58. The molecule has 1 atom stereocenters. The normalized spacial score (nSPS) is 14.4. The van der Waals surface area contributed by atoms with Crippen LogP contribution in [0.4, 0.5) is 13.2 Å². The maximum absolute atomic E-state index is 12.0. The van der Waals surface area contributed by atoms with E-state index in [0.717, 1.165) is 6.08 Å². The van der Waals surface area contributed by atoms with Crippen LogP contribution in [0.2, 0.25) is 0 Å². The van der Waals surface area contributed by atoms with Crippen LogP contribution in [-0.4, -0.2) is 19.3 Å². The lowest BCUT2D eigenvalue weighted by Gasteiger charge is -2.15. The summed E-state index contributed by atoms with van der Waals surface area (Å²) in [5, 5.41) is 2.17. The molecule has 11 heavy (non-hydrogen) atoms. The van der Waals surface area contributed by atoms with E-state index >= 15 is 0 Å². The van der Waals surface area contributed by atoms with Crippen molar-refractivity contribution in [3.8, 4) is 0 Å². The molecule has 66 valence electrons. The molecule has 0 aliphatic rings. The van der Waals surface area contributed by atoms with Crippen molar-refractivity contribution in [2.24, 2.45) is 0 Å². The molecule has 0 spiro atoms. The van der Waals surface area contributed by atoms with Gasteiger partial charge in [-0.2, -0.15) is 13.2 Å². The van der Waals surface area contributed by atoms with Crippen molar-refractivity contribution in [2.45, 2.75) is 26.1 Å². The summed E-state index contributed by atoms with van der Waals surface area (Å²) in [6.07, 6.45) is -3.04. The Hall–Kier alpha value is -0.510. The molecule has 0 fully saturated rings. The largest absolute Gasteiger partial charge is 0.407 e. The highest BCUT2D eigenvalue weighted by Crippen LogP contribution is 2.21. The van der Waals surface area contributed by atoms with Gasteiger partial charge in [0.1, 0.15) is 6.04 Å². The summed E-state index contributed by atoms with van der Waals surface area (Å²) < 4.78 is 35.9. The van der Waals surface area contributed by atoms with Crippen LogP contribution in [-0.2, 0) is 0 Å². The lowest BCUT2D eigenvalue weighted by molar-refractivity contribution is -0.143. The summed E-state index contributed by atoms with van der Waals surface area (Å²) in [5.74, 6) is 0. The zero-order valence-corrected chi connectivity index (χ0v) is 6.79. The summed E-state index contributed by atoms with van der Waals surface area (Å²) in [6, 6.07) is -1.52. The van der Waals surface area contributed by atoms with Gasteiger partial charge in [0.05, 0.1) is 0 Å². The molecule has 0 aliphatic carbocycles. The van der Waals surface area contributed by atoms with Gasteiger partial charge in [-0.1, -0.05) is 11.6 Å². The molecule has 0 radical (unpaired) electrons. The molecule has 0 heterocycles. The van der Waals surface area contributed by atoms with Crippen LogP contribution >= 0.6 is 0 Å². The minimum Gasteiger partial charge on any atom is -0.306 e. The quantitative estimate of drug-likeness (QED) is 0.621. The smallest absolute Gasteiger partial charge is 0.306 e. The van der Waals surface area contributed by atoms with E-state index in [9.17, 15) is 13.2 Å². The van der Waals surface area contributed by atoms with Crippen molar-refractivity contribution in [1.29, 1.82) is 0 Å². The highest BCUT2D eigenvalue weighted by Gasteiger charge is 2.36. The molecule has 1 N–H and O–H groups in total. The second-order valence-electron chi connectivity index (χ2n) is 2.55. The maximum Gasteiger partial charge on any atom is 0.407 e. The fourth-order valence-electron chi connectivity index (χ4n) is 0.675. The van der Waals surface area contributed by atoms with E-state index in [4.69, 9.17) is 0 Å². The van der Waals surface area contributed by atoms with Crippen molar-refractivity contribution in [2.75, 3.05) is 7.05 Å². The molecular formula is C7H12F3N. The van der Waals surface area contributed by atoms with Crippen LogP contribution in [0.15, 0.2) is 11.6 Å². The molecule has 0 bridgehead atoms. The minimum atomic E-state index is -4.19. The van der Waals surface area contributed by atoms with Crippen molar-refractivity contribution < 1.29 is 13.2 Å². The predicted molar refractivity (Wildman–Crippen MR) is 38.3 cm³/mol. The van der Waals surface area contributed by atoms with E-state index in [-0.39, 0.29) is 0 Å². The molecule has 0 aromatic rings. The van der Waals surface area contributed by atoms with E-state index in [1.165, 1.54) is 7.05 Å². The Balaban J connectivity index is 4.31. The third-order valence-corrected chi connectivity index (χ3v) is 1.16. The first kappa shape index (κ1) is 10.5. The van der Waals surface area contributed by atoms with E-state index in [2.05, 4.69) is 5.32 Å². The van der Waals surface area contributed by atoms with Gasteiger partial charge in [-0.3, -0.25) is 0 Å². The number of rotatable bonds is 2. The maximum atomic E-state index is 12.0. The predicted octanol–water partition coefficient (Wildman–Crippen LogP) is 2.10. The number of halogens is 3. The van der Waals surface area contributed by atoms with Crippen LogP contribution in [0, 0.1) is 0 Å². The zero-order chi connectivity index (χ0) is 9.07. The van der Waals surface area contributed by atoms with Gasteiger partial charge < -0.3 is 5.32 Å². The van der Waals surface area contributed by atoms with E-state index in [1.54, 1.807) is 13.8 Å². The SMILES string of the molecule is CNC(C=C(C)C)C(F)(F)F. The van der Waals surface area contributed by atoms with E-state index in [0.29, 0.717) is 5.57 Å². The summed E-state index contributed by atoms with van der Waals surface area (Å²) >= 11 is 0. The molecule has 1 unspecified atom stereocenters. The minimum absolute atomic E-state index is 0.654. The molecular weight excluding hydrogens is 155 g/mol. The molecule has 0 aromatic carbocycles. The van der Waals surface area contributed by atoms with Crippen LogP contribution in [0.3, 0.4) is 0 Å². The summed E-state index contributed by atoms with van der Waals surface area (Å²) in [4.78, 5) is 0. The van der Waals surface area contributed by atoms with Gasteiger partial charge in [-0.25, -0.2) is 0 Å². The standard InChI is InChI=1S/C7H12F3N/c1-5(2)4-6(11-3)7(8,9)10/h4,6,11H,1-3H3. The molecule has 0 rings (SSSR count). The fraction of sp³-hybridized carbons (Fsp3) is 0.714. The highest BCUT2D eigenvalue weighted by molar-refractivity contribution is 5.03. The van der Waals surface area contributed by atoms with Crippen LogP contribution in [0.25, 0.3) is 0 Å². The summed E-state index contributed by atoms with van der Waals surface area (Å²) in [7, 11) is 1.29. The Morgan fingerprint density at radius 3 is 1.91 bits per heavy atom. The van der Waals surface area contributed by atoms with Crippen molar-refractivity contribution in [3.63, 3.8) is 0 Å². The zero-order valence-electron chi connectivity index (χ0n) is 6.79. The number of alkyl halides is 3. The number of allylic oxidation sites excluding steroid dienone is 1.